The van der Waals surface area contributed by atoms with Crippen molar-refractivity contribution < 1.29 is 9.94 Å². The Morgan fingerprint density at radius 1 is 1.56 bits per heavy atom. The van der Waals surface area contributed by atoms with Crippen LogP contribution < -0.4 is 10.5 Å². The first-order valence-corrected chi connectivity index (χ1v) is 5.88. The van der Waals surface area contributed by atoms with Crippen LogP contribution in [0.5, 0.6) is 5.88 Å². The lowest BCUT2D eigenvalue weighted by Crippen LogP contribution is -2.34. The van der Waals surface area contributed by atoms with E-state index in [1.54, 1.807) is 13.2 Å². The summed E-state index contributed by atoms with van der Waals surface area (Å²) in [5.74, 6) is 0.791. The van der Waals surface area contributed by atoms with Gasteiger partial charge < -0.3 is 15.7 Å². The van der Waals surface area contributed by atoms with Crippen molar-refractivity contribution in [2.24, 2.45) is 10.9 Å². The molecule has 0 aromatic carbocycles. The normalized spacial score (nSPS) is 11.8. The number of oxime groups is 1. The average molecular weight is 252 g/mol. The van der Waals surface area contributed by atoms with E-state index < -0.39 is 0 Å². The number of nitrogens with two attached hydrogens (primary N) is 1. The number of pyridine rings is 1. The molecular formula is C12H20N4O2. The van der Waals surface area contributed by atoms with Crippen LogP contribution in [0.1, 0.15) is 19.0 Å². The second-order valence-corrected chi connectivity index (χ2v) is 3.97. The SMILES string of the molecule is CCCN(CC(N)=NO)Cc1cccc(OC)n1. The molecule has 6 heteroatoms. The fourth-order valence-electron chi connectivity index (χ4n) is 1.68. The fourth-order valence-corrected chi connectivity index (χ4v) is 1.68. The van der Waals surface area contributed by atoms with Crippen molar-refractivity contribution in [3.8, 4) is 5.88 Å². The van der Waals surface area contributed by atoms with Crippen LogP contribution in [0.2, 0.25) is 0 Å². The molecule has 0 amide bonds. The molecule has 0 bridgehead atoms. The topological polar surface area (TPSA) is 84.0 Å². The van der Waals surface area contributed by atoms with Crippen molar-refractivity contribution in [3.05, 3.63) is 23.9 Å². The van der Waals surface area contributed by atoms with Gasteiger partial charge in [-0.2, -0.15) is 0 Å². The zero-order valence-corrected chi connectivity index (χ0v) is 10.8. The summed E-state index contributed by atoms with van der Waals surface area (Å²) >= 11 is 0. The van der Waals surface area contributed by atoms with E-state index in [0.717, 1.165) is 18.7 Å². The molecule has 0 aliphatic rings. The van der Waals surface area contributed by atoms with Crippen LogP contribution in [-0.4, -0.2) is 41.1 Å². The predicted molar refractivity (Wildman–Crippen MR) is 69.8 cm³/mol. The summed E-state index contributed by atoms with van der Waals surface area (Å²) in [7, 11) is 1.59. The minimum Gasteiger partial charge on any atom is -0.481 e. The lowest BCUT2D eigenvalue weighted by atomic mass is 10.3. The standard InChI is InChI=1S/C12H20N4O2/c1-3-7-16(9-11(13)15-17)8-10-5-4-6-12(14-10)18-2/h4-6,17H,3,7-9H2,1-2H3,(H2,13,15). The molecule has 1 heterocycles. The zero-order chi connectivity index (χ0) is 13.4. The van der Waals surface area contributed by atoms with Gasteiger partial charge in [0.15, 0.2) is 5.84 Å². The first kappa shape index (κ1) is 14.2. The number of methoxy groups -OCH3 is 1. The van der Waals surface area contributed by atoms with Gasteiger partial charge in [-0.05, 0) is 19.0 Å². The summed E-state index contributed by atoms with van der Waals surface area (Å²) in [6, 6.07) is 5.63. The highest BCUT2D eigenvalue weighted by molar-refractivity contribution is 5.81. The van der Waals surface area contributed by atoms with Crippen molar-refractivity contribution >= 4 is 5.84 Å². The number of rotatable bonds is 7. The highest BCUT2D eigenvalue weighted by Crippen LogP contribution is 2.09. The summed E-state index contributed by atoms with van der Waals surface area (Å²) in [6.45, 7) is 4.00. The van der Waals surface area contributed by atoms with E-state index in [-0.39, 0.29) is 5.84 Å². The minimum absolute atomic E-state index is 0.200. The van der Waals surface area contributed by atoms with Crippen molar-refractivity contribution in [1.82, 2.24) is 9.88 Å². The quantitative estimate of drug-likeness (QED) is 0.328. The Hall–Kier alpha value is -1.82. The van der Waals surface area contributed by atoms with Crippen LogP contribution in [0.25, 0.3) is 0 Å². The van der Waals surface area contributed by atoms with Crippen LogP contribution >= 0.6 is 0 Å². The van der Waals surface area contributed by atoms with Crippen LogP contribution in [0.3, 0.4) is 0 Å². The smallest absolute Gasteiger partial charge is 0.213 e. The number of nitrogens with zero attached hydrogens (tertiary/aromatic N) is 3. The van der Waals surface area contributed by atoms with Gasteiger partial charge in [0, 0.05) is 12.6 Å². The summed E-state index contributed by atoms with van der Waals surface area (Å²) in [5, 5.41) is 11.6. The maximum atomic E-state index is 8.60. The summed E-state index contributed by atoms with van der Waals surface area (Å²) in [6.07, 6.45) is 0.989. The molecule has 1 aromatic heterocycles. The maximum Gasteiger partial charge on any atom is 0.213 e. The van der Waals surface area contributed by atoms with E-state index in [1.807, 2.05) is 12.1 Å². The lowest BCUT2D eigenvalue weighted by molar-refractivity contribution is 0.282. The number of amidine groups is 1. The highest BCUT2D eigenvalue weighted by atomic mass is 16.5. The highest BCUT2D eigenvalue weighted by Gasteiger charge is 2.09. The van der Waals surface area contributed by atoms with Gasteiger partial charge in [0.2, 0.25) is 5.88 Å². The van der Waals surface area contributed by atoms with Crippen molar-refractivity contribution in [3.63, 3.8) is 0 Å². The van der Waals surface area contributed by atoms with E-state index >= 15 is 0 Å². The van der Waals surface area contributed by atoms with Gasteiger partial charge in [-0.1, -0.05) is 18.1 Å². The van der Waals surface area contributed by atoms with E-state index in [1.165, 1.54) is 0 Å². The van der Waals surface area contributed by atoms with E-state index in [2.05, 4.69) is 22.0 Å². The number of hydrogen-bond donors (Lipinski definition) is 2. The Balaban J connectivity index is 2.69. The average Bonchev–Trinajstić information content (AvgIpc) is 2.39. The second kappa shape index (κ2) is 7.50. The Morgan fingerprint density at radius 3 is 2.94 bits per heavy atom. The molecule has 0 spiro atoms. The Kier molecular flexibility index (Phi) is 5.93. The third-order valence-electron chi connectivity index (χ3n) is 2.43. The van der Waals surface area contributed by atoms with Gasteiger partial charge >= 0.3 is 0 Å². The van der Waals surface area contributed by atoms with Gasteiger partial charge in [-0.15, -0.1) is 0 Å². The monoisotopic (exact) mass is 252 g/mol. The van der Waals surface area contributed by atoms with Crippen LogP contribution in [-0.2, 0) is 6.54 Å². The Morgan fingerprint density at radius 2 is 2.33 bits per heavy atom. The molecule has 0 fully saturated rings. The molecule has 6 nitrogen and oxygen atoms in total. The summed E-state index contributed by atoms with van der Waals surface area (Å²) in [4.78, 5) is 6.41. The maximum absolute atomic E-state index is 8.60. The summed E-state index contributed by atoms with van der Waals surface area (Å²) < 4.78 is 5.08. The Labute approximate surface area is 107 Å². The van der Waals surface area contributed by atoms with Crippen molar-refractivity contribution in [1.29, 1.82) is 0 Å². The minimum atomic E-state index is 0.200. The molecule has 0 unspecified atom stereocenters. The van der Waals surface area contributed by atoms with Crippen LogP contribution in [0, 0.1) is 0 Å². The number of hydrogen-bond acceptors (Lipinski definition) is 5. The van der Waals surface area contributed by atoms with Gasteiger partial charge in [-0.3, -0.25) is 4.90 Å². The molecule has 0 aliphatic carbocycles. The van der Waals surface area contributed by atoms with E-state index in [9.17, 15) is 0 Å². The third-order valence-corrected chi connectivity index (χ3v) is 2.43. The van der Waals surface area contributed by atoms with Gasteiger partial charge in [-0.25, -0.2) is 4.98 Å². The second-order valence-electron chi connectivity index (χ2n) is 3.97. The zero-order valence-electron chi connectivity index (χ0n) is 10.8. The first-order valence-electron chi connectivity index (χ1n) is 5.88. The van der Waals surface area contributed by atoms with Crippen molar-refractivity contribution in [2.45, 2.75) is 19.9 Å². The number of ether oxygens (including phenoxy) is 1. The lowest BCUT2D eigenvalue weighted by Gasteiger charge is -2.20. The largest absolute Gasteiger partial charge is 0.481 e. The molecular weight excluding hydrogens is 232 g/mol. The van der Waals surface area contributed by atoms with E-state index in [0.29, 0.717) is 19.0 Å². The van der Waals surface area contributed by atoms with Crippen LogP contribution in [0.4, 0.5) is 0 Å². The number of aromatic nitrogens is 1. The van der Waals surface area contributed by atoms with Gasteiger partial charge in [0.05, 0.1) is 19.3 Å². The fraction of sp³-hybridized carbons (Fsp3) is 0.500. The first-order chi connectivity index (χ1) is 8.69. The van der Waals surface area contributed by atoms with Gasteiger partial charge in [0.1, 0.15) is 0 Å². The molecule has 0 aliphatic heterocycles. The molecule has 1 aromatic rings. The molecule has 100 valence electrons. The van der Waals surface area contributed by atoms with Gasteiger partial charge in [0.25, 0.3) is 0 Å². The third kappa shape index (κ3) is 4.58. The Bertz CT molecular complexity index is 395. The van der Waals surface area contributed by atoms with E-state index in [4.69, 9.17) is 15.7 Å². The van der Waals surface area contributed by atoms with Crippen molar-refractivity contribution in [2.75, 3.05) is 20.2 Å². The molecule has 0 atom stereocenters. The van der Waals surface area contributed by atoms with Crippen LogP contribution in [0.15, 0.2) is 23.4 Å². The predicted octanol–water partition coefficient (Wildman–Crippen LogP) is 1.05. The molecule has 0 radical (unpaired) electrons. The molecule has 3 N–H and O–H groups in total. The molecule has 0 saturated heterocycles. The molecule has 0 saturated carbocycles. The molecule has 18 heavy (non-hydrogen) atoms. The summed E-state index contributed by atoms with van der Waals surface area (Å²) in [5.41, 5.74) is 6.42. The molecule has 1 rings (SSSR count).